The number of amides is 1. The van der Waals surface area contributed by atoms with Gasteiger partial charge < -0.3 is 4.90 Å². The quantitative estimate of drug-likeness (QED) is 0.852. The SMILES string of the molecule is O=C(c1cccc(F)c1)N1CCCN(C2CC(c3ccc(F)cc3)NN2)CC1. The first kappa shape index (κ1) is 19.0. The van der Waals surface area contributed by atoms with Crippen LogP contribution in [0.4, 0.5) is 8.78 Å². The molecule has 1 amide bonds. The summed E-state index contributed by atoms with van der Waals surface area (Å²) in [5.41, 5.74) is 8.06. The third-order valence-electron chi connectivity index (χ3n) is 5.49. The van der Waals surface area contributed by atoms with Gasteiger partial charge in [-0.15, -0.1) is 0 Å². The zero-order valence-corrected chi connectivity index (χ0v) is 15.6. The van der Waals surface area contributed by atoms with Gasteiger partial charge >= 0.3 is 0 Å². The molecule has 2 fully saturated rings. The molecular weight excluding hydrogens is 362 g/mol. The maximum Gasteiger partial charge on any atom is 0.254 e. The molecule has 2 heterocycles. The Kier molecular flexibility index (Phi) is 5.66. The Bertz CT molecular complexity index is 829. The molecule has 2 saturated heterocycles. The van der Waals surface area contributed by atoms with Gasteiger partial charge in [0.25, 0.3) is 5.91 Å². The number of benzene rings is 2. The Labute approximate surface area is 163 Å². The molecule has 2 aliphatic heterocycles. The van der Waals surface area contributed by atoms with Crippen LogP contribution in [0.5, 0.6) is 0 Å². The molecule has 148 valence electrons. The molecule has 0 aliphatic carbocycles. The van der Waals surface area contributed by atoms with Crippen molar-refractivity contribution in [2.24, 2.45) is 0 Å². The van der Waals surface area contributed by atoms with Crippen LogP contribution in [0, 0.1) is 11.6 Å². The molecule has 28 heavy (non-hydrogen) atoms. The van der Waals surface area contributed by atoms with E-state index < -0.39 is 5.82 Å². The predicted molar refractivity (Wildman–Crippen MR) is 102 cm³/mol. The van der Waals surface area contributed by atoms with Crippen molar-refractivity contribution in [1.29, 1.82) is 0 Å². The molecule has 0 saturated carbocycles. The predicted octanol–water partition coefficient (Wildman–Crippen LogP) is 2.68. The summed E-state index contributed by atoms with van der Waals surface area (Å²) in [5, 5.41) is 0. The van der Waals surface area contributed by atoms with E-state index in [0.29, 0.717) is 18.7 Å². The highest BCUT2D eigenvalue weighted by molar-refractivity contribution is 5.94. The number of hydrogen-bond donors (Lipinski definition) is 2. The van der Waals surface area contributed by atoms with E-state index in [9.17, 15) is 13.6 Å². The van der Waals surface area contributed by atoms with Crippen LogP contribution in [0.3, 0.4) is 0 Å². The Balaban J connectivity index is 1.35. The maximum atomic E-state index is 13.4. The van der Waals surface area contributed by atoms with Gasteiger partial charge in [0.1, 0.15) is 11.6 Å². The molecule has 0 aromatic heterocycles. The van der Waals surface area contributed by atoms with Crippen molar-refractivity contribution in [3.63, 3.8) is 0 Å². The topological polar surface area (TPSA) is 47.6 Å². The van der Waals surface area contributed by atoms with E-state index in [1.165, 1.54) is 24.3 Å². The largest absolute Gasteiger partial charge is 0.337 e. The number of nitrogens with one attached hydrogen (secondary N) is 2. The van der Waals surface area contributed by atoms with E-state index >= 15 is 0 Å². The van der Waals surface area contributed by atoms with E-state index in [2.05, 4.69) is 15.8 Å². The third-order valence-corrected chi connectivity index (χ3v) is 5.49. The molecule has 7 heteroatoms. The van der Waals surface area contributed by atoms with Crippen molar-refractivity contribution in [3.05, 3.63) is 71.3 Å². The number of hydrogen-bond acceptors (Lipinski definition) is 4. The number of carbonyl (C=O) groups excluding carboxylic acids is 1. The first-order chi connectivity index (χ1) is 13.6. The summed E-state index contributed by atoms with van der Waals surface area (Å²) in [7, 11) is 0. The standard InChI is InChI=1S/C21H24F2N4O/c22-17-7-5-15(6-8-17)19-14-20(25-24-19)26-9-2-10-27(12-11-26)21(28)16-3-1-4-18(23)13-16/h1,3-8,13,19-20,24-25H,2,9-12,14H2. The molecule has 0 spiro atoms. The van der Waals surface area contributed by atoms with Crippen LogP contribution in [0.15, 0.2) is 48.5 Å². The van der Waals surface area contributed by atoms with Crippen molar-refractivity contribution >= 4 is 5.91 Å². The Morgan fingerprint density at radius 3 is 2.54 bits per heavy atom. The average Bonchev–Trinajstić information content (AvgIpc) is 3.06. The third kappa shape index (κ3) is 4.22. The second-order valence-corrected chi connectivity index (χ2v) is 7.34. The zero-order valence-electron chi connectivity index (χ0n) is 15.6. The average molecular weight is 386 g/mol. The molecule has 0 radical (unpaired) electrons. The Hall–Kier alpha value is -2.35. The van der Waals surface area contributed by atoms with E-state index in [1.807, 2.05) is 0 Å². The summed E-state index contributed by atoms with van der Waals surface area (Å²) >= 11 is 0. The van der Waals surface area contributed by atoms with Crippen molar-refractivity contribution in [1.82, 2.24) is 20.7 Å². The number of hydrazine groups is 1. The van der Waals surface area contributed by atoms with E-state index in [4.69, 9.17) is 0 Å². The summed E-state index contributed by atoms with van der Waals surface area (Å²) < 4.78 is 26.6. The second-order valence-electron chi connectivity index (χ2n) is 7.34. The van der Waals surface area contributed by atoms with Crippen LogP contribution in [-0.2, 0) is 0 Å². The van der Waals surface area contributed by atoms with Crippen molar-refractivity contribution in [3.8, 4) is 0 Å². The summed E-state index contributed by atoms with van der Waals surface area (Å²) in [6.45, 7) is 2.89. The van der Waals surface area contributed by atoms with Gasteiger partial charge in [0, 0.05) is 37.8 Å². The molecule has 2 N–H and O–H groups in total. The van der Waals surface area contributed by atoms with E-state index in [-0.39, 0.29) is 23.9 Å². The van der Waals surface area contributed by atoms with Gasteiger partial charge in [-0.05, 0) is 48.7 Å². The lowest BCUT2D eigenvalue weighted by Gasteiger charge is -2.27. The number of halogens is 2. The molecule has 5 nitrogen and oxygen atoms in total. The first-order valence-corrected chi connectivity index (χ1v) is 9.65. The van der Waals surface area contributed by atoms with Crippen LogP contribution in [-0.4, -0.2) is 48.1 Å². The molecule has 2 atom stereocenters. The van der Waals surface area contributed by atoms with Crippen LogP contribution >= 0.6 is 0 Å². The lowest BCUT2D eigenvalue weighted by atomic mass is 10.0. The molecular formula is C21H24F2N4O. The van der Waals surface area contributed by atoms with Gasteiger partial charge in [0.05, 0.1) is 6.17 Å². The minimum Gasteiger partial charge on any atom is -0.337 e. The second kappa shape index (κ2) is 8.34. The fraction of sp³-hybridized carbons (Fsp3) is 0.381. The van der Waals surface area contributed by atoms with Gasteiger partial charge in [0.15, 0.2) is 0 Å². The summed E-state index contributed by atoms with van der Waals surface area (Å²) in [6, 6.07) is 12.5. The number of carbonyl (C=O) groups is 1. The lowest BCUT2D eigenvalue weighted by molar-refractivity contribution is 0.0756. The lowest BCUT2D eigenvalue weighted by Crippen LogP contribution is -2.46. The molecule has 4 rings (SSSR count). The number of rotatable bonds is 3. The van der Waals surface area contributed by atoms with Crippen LogP contribution in [0.25, 0.3) is 0 Å². The molecule has 2 aromatic rings. The Morgan fingerprint density at radius 2 is 1.75 bits per heavy atom. The zero-order chi connectivity index (χ0) is 19.5. The smallest absolute Gasteiger partial charge is 0.254 e. The van der Waals surface area contributed by atoms with Crippen LogP contribution < -0.4 is 10.9 Å². The highest BCUT2D eigenvalue weighted by Gasteiger charge is 2.31. The van der Waals surface area contributed by atoms with Crippen molar-refractivity contribution in [2.75, 3.05) is 26.2 Å². The fourth-order valence-corrected chi connectivity index (χ4v) is 3.95. The number of nitrogens with zero attached hydrogens (tertiary/aromatic N) is 2. The summed E-state index contributed by atoms with van der Waals surface area (Å²) in [5.74, 6) is -0.750. The monoisotopic (exact) mass is 386 g/mol. The van der Waals surface area contributed by atoms with Gasteiger partial charge in [-0.2, -0.15) is 0 Å². The molecule has 0 bridgehead atoms. The highest BCUT2D eigenvalue weighted by atomic mass is 19.1. The molecule has 2 aliphatic rings. The molecule has 2 unspecified atom stereocenters. The van der Waals surface area contributed by atoms with Gasteiger partial charge in [-0.25, -0.2) is 19.6 Å². The summed E-state index contributed by atoms with van der Waals surface area (Å²) in [4.78, 5) is 16.8. The minimum absolute atomic E-state index is 0.122. The normalized spacial score (nSPS) is 23.6. The van der Waals surface area contributed by atoms with Crippen LogP contribution in [0.1, 0.15) is 34.8 Å². The maximum absolute atomic E-state index is 13.4. The fourth-order valence-electron chi connectivity index (χ4n) is 3.95. The van der Waals surface area contributed by atoms with Crippen molar-refractivity contribution in [2.45, 2.75) is 25.0 Å². The van der Waals surface area contributed by atoms with E-state index in [0.717, 1.165) is 31.5 Å². The van der Waals surface area contributed by atoms with Gasteiger partial charge in [0.2, 0.25) is 0 Å². The van der Waals surface area contributed by atoms with Crippen LogP contribution in [0.2, 0.25) is 0 Å². The first-order valence-electron chi connectivity index (χ1n) is 9.65. The summed E-state index contributed by atoms with van der Waals surface area (Å²) in [6.07, 6.45) is 1.88. The van der Waals surface area contributed by atoms with Crippen molar-refractivity contribution < 1.29 is 13.6 Å². The van der Waals surface area contributed by atoms with Gasteiger partial charge in [-0.1, -0.05) is 18.2 Å². The van der Waals surface area contributed by atoms with Gasteiger partial charge in [-0.3, -0.25) is 9.69 Å². The Morgan fingerprint density at radius 1 is 0.929 bits per heavy atom. The van der Waals surface area contributed by atoms with E-state index in [1.54, 1.807) is 29.2 Å². The minimum atomic E-state index is -0.393. The highest BCUT2D eigenvalue weighted by Crippen LogP contribution is 2.25. The molecule has 2 aromatic carbocycles.